The molecular weight excluding hydrogens is 379 g/mol. The third kappa shape index (κ3) is 3.18. The Morgan fingerprint density at radius 2 is 1.90 bits per heavy atom. The first-order chi connectivity index (χ1) is 14.6. The predicted molar refractivity (Wildman–Crippen MR) is 117 cm³/mol. The van der Waals surface area contributed by atoms with Crippen LogP contribution < -0.4 is 15.7 Å². The molecule has 0 saturated heterocycles. The molecule has 9 heteroatoms. The standard InChI is InChI=1S/C21H21BN6O2/c1-27-11-10-15-19(23-12-14-6-3-2-4-7-14)25-21(26-20(15)27)28-18-9-5-8-17(22(29)30)16(18)13-24-28/h2-9,13,29-30H,10-12H2,1H3,(H,23,25,26). The molecule has 8 nitrogen and oxygen atoms in total. The summed E-state index contributed by atoms with van der Waals surface area (Å²) in [7, 11) is 0.451. The molecular formula is C21H21BN6O2. The van der Waals surface area contributed by atoms with Gasteiger partial charge >= 0.3 is 7.12 Å². The zero-order chi connectivity index (χ0) is 20.7. The maximum absolute atomic E-state index is 9.66. The van der Waals surface area contributed by atoms with Crippen LogP contribution in [0.5, 0.6) is 0 Å². The van der Waals surface area contributed by atoms with Crippen LogP contribution in [0.3, 0.4) is 0 Å². The van der Waals surface area contributed by atoms with Gasteiger partial charge in [-0.25, -0.2) is 0 Å². The molecule has 1 aliphatic rings. The van der Waals surface area contributed by atoms with Crippen LogP contribution in [0.1, 0.15) is 11.1 Å². The van der Waals surface area contributed by atoms with E-state index in [2.05, 4.69) is 27.4 Å². The van der Waals surface area contributed by atoms with Crippen LogP contribution >= 0.6 is 0 Å². The molecule has 0 radical (unpaired) electrons. The van der Waals surface area contributed by atoms with E-state index in [1.807, 2.05) is 31.3 Å². The lowest BCUT2D eigenvalue weighted by Crippen LogP contribution is -2.30. The minimum Gasteiger partial charge on any atom is -0.423 e. The van der Waals surface area contributed by atoms with E-state index in [0.717, 1.165) is 35.7 Å². The molecule has 2 aromatic carbocycles. The van der Waals surface area contributed by atoms with Crippen LogP contribution in [0.25, 0.3) is 16.9 Å². The molecule has 3 heterocycles. The van der Waals surface area contributed by atoms with Crippen molar-refractivity contribution in [3.05, 3.63) is 65.9 Å². The normalized spacial score (nSPS) is 13.0. The monoisotopic (exact) mass is 400 g/mol. The summed E-state index contributed by atoms with van der Waals surface area (Å²) in [5.74, 6) is 2.13. The fourth-order valence-electron chi connectivity index (χ4n) is 3.87. The number of nitrogens with zero attached hydrogens (tertiary/aromatic N) is 5. The molecule has 0 atom stereocenters. The number of anilines is 2. The Bertz CT molecular complexity index is 1210. The molecule has 150 valence electrons. The number of fused-ring (bicyclic) bond motifs is 2. The first-order valence-corrected chi connectivity index (χ1v) is 9.85. The van der Waals surface area contributed by atoms with Gasteiger partial charge in [-0.2, -0.15) is 19.7 Å². The van der Waals surface area contributed by atoms with Crippen molar-refractivity contribution in [1.82, 2.24) is 19.7 Å². The molecule has 0 spiro atoms. The number of rotatable bonds is 5. The summed E-state index contributed by atoms with van der Waals surface area (Å²) in [6.45, 7) is 1.54. The molecule has 0 fully saturated rings. The summed E-state index contributed by atoms with van der Waals surface area (Å²) in [5.41, 5.74) is 3.39. The van der Waals surface area contributed by atoms with E-state index >= 15 is 0 Å². The van der Waals surface area contributed by atoms with Crippen LogP contribution in [-0.2, 0) is 13.0 Å². The molecule has 1 aliphatic heterocycles. The first-order valence-electron chi connectivity index (χ1n) is 9.85. The topological polar surface area (TPSA) is 99.3 Å². The van der Waals surface area contributed by atoms with E-state index in [0.29, 0.717) is 23.3 Å². The van der Waals surface area contributed by atoms with Gasteiger partial charge in [0.2, 0.25) is 0 Å². The highest BCUT2D eigenvalue weighted by atomic mass is 16.4. The van der Waals surface area contributed by atoms with Crippen molar-refractivity contribution >= 4 is 35.1 Å². The second kappa shape index (κ2) is 7.44. The van der Waals surface area contributed by atoms with Gasteiger partial charge in [0.25, 0.3) is 5.95 Å². The van der Waals surface area contributed by atoms with Crippen molar-refractivity contribution in [2.24, 2.45) is 0 Å². The maximum Gasteiger partial charge on any atom is 0.489 e. The Kier molecular flexibility index (Phi) is 4.61. The molecule has 5 rings (SSSR count). The number of hydrogen-bond donors (Lipinski definition) is 3. The van der Waals surface area contributed by atoms with Crippen molar-refractivity contribution < 1.29 is 10.0 Å². The summed E-state index contributed by atoms with van der Waals surface area (Å²) in [5, 5.41) is 27.9. The maximum atomic E-state index is 9.66. The molecule has 0 unspecified atom stereocenters. The number of nitrogens with one attached hydrogen (secondary N) is 1. The Labute approximate surface area is 174 Å². The number of aromatic nitrogens is 4. The van der Waals surface area contributed by atoms with Crippen molar-refractivity contribution in [2.45, 2.75) is 13.0 Å². The van der Waals surface area contributed by atoms with Gasteiger partial charge in [0.15, 0.2) is 0 Å². The number of likely N-dealkylation sites (N-methyl/N-ethyl adjacent to an activating group) is 1. The number of hydrogen-bond acceptors (Lipinski definition) is 7. The lowest BCUT2D eigenvalue weighted by Gasteiger charge is -2.15. The van der Waals surface area contributed by atoms with Crippen LogP contribution in [0.15, 0.2) is 54.7 Å². The lowest BCUT2D eigenvalue weighted by atomic mass is 9.78. The van der Waals surface area contributed by atoms with E-state index in [9.17, 15) is 10.0 Å². The SMILES string of the molecule is CN1CCc2c(NCc3ccccc3)nc(-n3ncc4c(B(O)O)cccc43)nc21. The highest BCUT2D eigenvalue weighted by Gasteiger charge is 2.25. The summed E-state index contributed by atoms with van der Waals surface area (Å²) in [6, 6.07) is 15.5. The van der Waals surface area contributed by atoms with Gasteiger partial charge < -0.3 is 20.3 Å². The van der Waals surface area contributed by atoms with Gasteiger partial charge in [-0.3, -0.25) is 0 Å². The average molecular weight is 400 g/mol. The second-order valence-electron chi connectivity index (χ2n) is 7.40. The van der Waals surface area contributed by atoms with Crippen LogP contribution in [0, 0.1) is 0 Å². The Hall–Kier alpha value is -3.43. The fraction of sp³-hybridized carbons (Fsp3) is 0.190. The second-order valence-corrected chi connectivity index (χ2v) is 7.40. The predicted octanol–water partition coefficient (Wildman–Crippen LogP) is 1.10. The highest BCUT2D eigenvalue weighted by Crippen LogP contribution is 2.31. The summed E-state index contributed by atoms with van der Waals surface area (Å²) >= 11 is 0. The largest absolute Gasteiger partial charge is 0.489 e. The minimum atomic E-state index is -1.57. The first kappa shape index (κ1) is 18.6. The third-order valence-corrected chi connectivity index (χ3v) is 5.45. The Morgan fingerprint density at radius 3 is 2.70 bits per heavy atom. The molecule has 0 aliphatic carbocycles. The lowest BCUT2D eigenvalue weighted by molar-refractivity contribution is 0.426. The zero-order valence-corrected chi connectivity index (χ0v) is 16.5. The van der Waals surface area contributed by atoms with E-state index in [1.165, 1.54) is 5.56 Å². The van der Waals surface area contributed by atoms with E-state index in [1.54, 1.807) is 23.0 Å². The van der Waals surface area contributed by atoms with Gasteiger partial charge in [0, 0.05) is 31.1 Å². The van der Waals surface area contributed by atoms with Gasteiger partial charge in [-0.15, -0.1) is 0 Å². The van der Waals surface area contributed by atoms with Crippen LogP contribution in [-0.4, -0.2) is 50.5 Å². The summed E-state index contributed by atoms with van der Waals surface area (Å²) in [6.07, 6.45) is 2.49. The molecule has 2 aromatic heterocycles. The zero-order valence-electron chi connectivity index (χ0n) is 16.5. The highest BCUT2D eigenvalue weighted by molar-refractivity contribution is 6.61. The third-order valence-electron chi connectivity index (χ3n) is 5.45. The molecule has 0 bridgehead atoms. The fourth-order valence-corrected chi connectivity index (χ4v) is 3.87. The molecule has 0 amide bonds. The van der Waals surface area contributed by atoms with Crippen molar-refractivity contribution in [3.63, 3.8) is 0 Å². The quantitative estimate of drug-likeness (QED) is 0.432. The van der Waals surface area contributed by atoms with E-state index < -0.39 is 7.12 Å². The Balaban J connectivity index is 1.59. The average Bonchev–Trinajstić information content (AvgIpc) is 3.36. The van der Waals surface area contributed by atoms with Gasteiger partial charge in [-0.1, -0.05) is 42.5 Å². The molecule has 0 saturated carbocycles. The Morgan fingerprint density at radius 1 is 1.07 bits per heavy atom. The number of benzene rings is 2. The molecule has 30 heavy (non-hydrogen) atoms. The summed E-state index contributed by atoms with van der Waals surface area (Å²) < 4.78 is 1.64. The summed E-state index contributed by atoms with van der Waals surface area (Å²) in [4.78, 5) is 11.7. The minimum absolute atomic E-state index is 0.402. The van der Waals surface area contributed by atoms with E-state index in [4.69, 9.17) is 9.97 Å². The van der Waals surface area contributed by atoms with Gasteiger partial charge in [0.05, 0.1) is 11.7 Å². The van der Waals surface area contributed by atoms with Crippen LogP contribution in [0.4, 0.5) is 11.6 Å². The van der Waals surface area contributed by atoms with E-state index in [-0.39, 0.29) is 0 Å². The van der Waals surface area contributed by atoms with Crippen molar-refractivity contribution in [2.75, 3.05) is 23.8 Å². The molecule has 4 aromatic rings. The van der Waals surface area contributed by atoms with Crippen LogP contribution in [0.2, 0.25) is 0 Å². The smallest absolute Gasteiger partial charge is 0.423 e. The van der Waals surface area contributed by atoms with Crippen molar-refractivity contribution in [3.8, 4) is 5.95 Å². The van der Waals surface area contributed by atoms with Crippen molar-refractivity contribution in [1.29, 1.82) is 0 Å². The van der Waals surface area contributed by atoms with Gasteiger partial charge in [-0.05, 0) is 23.5 Å². The molecule has 3 N–H and O–H groups in total. The van der Waals surface area contributed by atoms with Gasteiger partial charge in [0.1, 0.15) is 11.6 Å².